The molecule has 0 fully saturated rings. The summed E-state index contributed by atoms with van der Waals surface area (Å²) in [6, 6.07) is 18.6. The fraction of sp³-hybridized carbons (Fsp3) is 0.227. The quantitative estimate of drug-likeness (QED) is 0.639. The van der Waals surface area contributed by atoms with Gasteiger partial charge >= 0.3 is 5.97 Å². The van der Waals surface area contributed by atoms with Crippen LogP contribution in [0.4, 0.5) is 0 Å². The lowest BCUT2D eigenvalue weighted by Gasteiger charge is -2.21. The monoisotopic (exact) mass is 377 g/mol. The minimum atomic E-state index is -1.01. The number of para-hydroxylation sites is 1. The lowest BCUT2D eigenvalue weighted by Crippen LogP contribution is -2.31. The highest BCUT2D eigenvalue weighted by atomic mass is 16.5. The molecule has 28 heavy (non-hydrogen) atoms. The molecular formula is C22H23N3O3. The number of hydrogen-bond acceptors (Lipinski definition) is 4. The summed E-state index contributed by atoms with van der Waals surface area (Å²) in [5, 5.41) is 4.48. The van der Waals surface area contributed by atoms with Crippen LogP contribution in [0, 0.1) is 13.8 Å². The number of amides is 1. The summed E-state index contributed by atoms with van der Waals surface area (Å²) in [6.07, 6.45) is -1.01. The lowest BCUT2D eigenvalue weighted by atomic mass is 10.1. The molecule has 1 atom stereocenters. The van der Waals surface area contributed by atoms with Crippen LogP contribution in [-0.2, 0) is 9.53 Å². The van der Waals surface area contributed by atoms with E-state index in [0.717, 1.165) is 5.69 Å². The van der Waals surface area contributed by atoms with Crippen LogP contribution in [0.1, 0.15) is 33.4 Å². The molecule has 0 aliphatic carbocycles. The van der Waals surface area contributed by atoms with Gasteiger partial charge in [0.05, 0.1) is 17.1 Å². The van der Waals surface area contributed by atoms with E-state index >= 15 is 0 Å². The number of esters is 1. The third-order valence-corrected chi connectivity index (χ3v) is 4.49. The first kappa shape index (κ1) is 19.4. The van der Waals surface area contributed by atoms with E-state index in [1.807, 2.05) is 55.5 Å². The summed E-state index contributed by atoms with van der Waals surface area (Å²) < 4.78 is 7.38. The number of likely N-dealkylation sites (N-methyl/N-ethyl adjacent to an activating group) is 1. The highest BCUT2D eigenvalue weighted by Gasteiger charge is 2.29. The van der Waals surface area contributed by atoms with Gasteiger partial charge in [0.2, 0.25) is 6.10 Å². The Labute approximate surface area is 164 Å². The van der Waals surface area contributed by atoms with Crippen molar-refractivity contribution < 1.29 is 14.3 Å². The average molecular weight is 377 g/mol. The summed E-state index contributed by atoms with van der Waals surface area (Å²) in [6.45, 7) is 3.57. The third kappa shape index (κ3) is 3.81. The first-order valence-corrected chi connectivity index (χ1v) is 8.99. The van der Waals surface area contributed by atoms with Crippen molar-refractivity contribution in [3.8, 4) is 5.69 Å². The number of rotatable bonds is 5. The molecule has 1 heterocycles. The fourth-order valence-corrected chi connectivity index (χ4v) is 3.05. The molecule has 0 saturated carbocycles. The third-order valence-electron chi connectivity index (χ3n) is 4.49. The summed E-state index contributed by atoms with van der Waals surface area (Å²) in [4.78, 5) is 27.0. The maximum Gasteiger partial charge on any atom is 0.343 e. The Balaban J connectivity index is 1.95. The van der Waals surface area contributed by atoms with E-state index in [-0.39, 0.29) is 5.91 Å². The molecule has 0 N–H and O–H groups in total. The van der Waals surface area contributed by atoms with Gasteiger partial charge in [-0.25, -0.2) is 9.48 Å². The zero-order valence-electron chi connectivity index (χ0n) is 16.4. The molecule has 3 rings (SSSR count). The van der Waals surface area contributed by atoms with Crippen LogP contribution in [0.25, 0.3) is 5.69 Å². The second-order valence-electron chi connectivity index (χ2n) is 6.72. The molecule has 0 spiro atoms. The fourth-order valence-electron chi connectivity index (χ4n) is 3.05. The highest BCUT2D eigenvalue weighted by Crippen LogP contribution is 2.24. The first-order chi connectivity index (χ1) is 13.4. The van der Waals surface area contributed by atoms with Crippen LogP contribution in [0.5, 0.6) is 0 Å². The molecule has 0 aliphatic heterocycles. The lowest BCUT2D eigenvalue weighted by molar-refractivity contribution is -0.138. The van der Waals surface area contributed by atoms with Crippen LogP contribution < -0.4 is 0 Å². The van der Waals surface area contributed by atoms with Crippen molar-refractivity contribution in [3.05, 3.63) is 83.2 Å². The van der Waals surface area contributed by atoms with Gasteiger partial charge in [-0.1, -0.05) is 48.5 Å². The van der Waals surface area contributed by atoms with Crippen molar-refractivity contribution in [1.82, 2.24) is 14.7 Å². The Morgan fingerprint density at radius 2 is 1.54 bits per heavy atom. The van der Waals surface area contributed by atoms with Crippen molar-refractivity contribution in [1.29, 1.82) is 0 Å². The maximum atomic E-state index is 13.0. The number of ether oxygens (including phenoxy) is 1. The Bertz CT molecular complexity index is 979. The molecule has 144 valence electrons. The molecule has 6 heteroatoms. The van der Waals surface area contributed by atoms with Gasteiger partial charge in [-0.2, -0.15) is 5.10 Å². The van der Waals surface area contributed by atoms with Crippen LogP contribution in [0.2, 0.25) is 0 Å². The average Bonchev–Trinajstić information content (AvgIpc) is 3.01. The highest BCUT2D eigenvalue weighted by molar-refractivity contribution is 5.94. The van der Waals surface area contributed by atoms with E-state index in [1.54, 1.807) is 37.8 Å². The van der Waals surface area contributed by atoms with E-state index < -0.39 is 12.1 Å². The Kier molecular flexibility index (Phi) is 5.59. The zero-order chi connectivity index (χ0) is 20.3. The van der Waals surface area contributed by atoms with Gasteiger partial charge in [-0.3, -0.25) is 4.79 Å². The molecule has 6 nitrogen and oxygen atoms in total. The zero-order valence-corrected chi connectivity index (χ0v) is 16.4. The molecule has 3 aromatic rings. The number of nitrogens with zero attached hydrogens (tertiary/aromatic N) is 3. The van der Waals surface area contributed by atoms with Gasteiger partial charge in [0.15, 0.2) is 0 Å². The second-order valence-corrected chi connectivity index (χ2v) is 6.72. The summed E-state index contributed by atoms with van der Waals surface area (Å²) >= 11 is 0. The Morgan fingerprint density at radius 3 is 2.11 bits per heavy atom. The number of aromatic nitrogens is 2. The van der Waals surface area contributed by atoms with Crippen molar-refractivity contribution in [2.75, 3.05) is 14.1 Å². The number of carbonyl (C=O) groups is 2. The van der Waals surface area contributed by atoms with E-state index in [0.29, 0.717) is 22.5 Å². The molecule has 0 aliphatic rings. The number of benzene rings is 2. The van der Waals surface area contributed by atoms with E-state index in [1.165, 1.54) is 4.90 Å². The predicted molar refractivity (Wildman–Crippen MR) is 106 cm³/mol. The van der Waals surface area contributed by atoms with Crippen molar-refractivity contribution >= 4 is 11.9 Å². The van der Waals surface area contributed by atoms with Gasteiger partial charge in [0.1, 0.15) is 5.56 Å². The maximum absolute atomic E-state index is 13.0. The van der Waals surface area contributed by atoms with Gasteiger partial charge in [-0.15, -0.1) is 0 Å². The SMILES string of the molecule is Cc1nn(-c2ccccc2)c(C)c1C(=O)O[C@H](C(=O)N(C)C)c1ccccc1. The molecule has 0 unspecified atom stereocenters. The summed E-state index contributed by atoms with van der Waals surface area (Å²) in [5.74, 6) is -0.869. The standard InChI is InChI=1S/C22H23N3O3/c1-15-19(16(2)25(23-15)18-13-9-6-10-14-18)22(27)28-20(21(26)24(3)4)17-11-7-5-8-12-17/h5-14,20H,1-4H3/t20-/m0/s1. The minimum absolute atomic E-state index is 0.301. The number of aryl methyl sites for hydroxylation is 1. The van der Waals surface area contributed by atoms with Gasteiger partial charge in [0.25, 0.3) is 5.91 Å². The summed E-state index contributed by atoms with van der Waals surface area (Å²) in [5.41, 5.74) is 3.07. The van der Waals surface area contributed by atoms with Gasteiger partial charge in [0, 0.05) is 19.7 Å². The molecular weight excluding hydrogens is 354 g/mol. The first-order valence-electron chi connectivity index (χ1n) is 8.99. The largest absolute Gasteiger partial charge is 0.444 e. The number of carbonyl (C=O) groups excluding carboxylic acids is 2. The van der Waals surface area contributed by atoms with E-state index in [4.69, 9.17) is 4.74 Å². The van der Waals surface area contributed by atoms with Gasteiger partial charge in [-0.05, 0) is 26.0 Å². The minimum Gasteiger partial charge on any atom is -0.444 e. The molecule has 2 aromatic carbocycles. The molecule has 0 saturated heterocycles. The van der Waals surface area contributed by atoms with Crippen LogP contribution in [-0.4, -0.2) is 40.7 Å². The van der Waals surface area contributed by atoms with Crippen molar-refractivity contribution in [2.45, 2.75) is 20.0 Å². The van der Waals surface area contributed by atoms with Crippen molar-refractivity contribution in [3.63, 3.8) is 0 Å². The molecule has 0 radical (unpaired) electrons. The van der Waals surface area contributed by atoms with Crippen LogP contribution >= 0.6 is 0 Å². The smallest absolute Gasteiger partial charge is 0.343 e. The Hall–Kier alpha value is -3.41. The van der Waals surface area contributed by atoms with E-state index in [9.17, 15) is 9.59 Å². The van der Waals surface area contributed by atoms with Crippen molar-refractivity contribution in [2.24, 2.45) is 0 Å². The van der Waals surface area contributed by atoms with Crippen LogP contribution in [0.15, 0.2) is 60.7 Å². The molecule has 1 aromatic heterocycles. The number of hydrogen-bond donors (Lipinski definition) is 0. The van der Waals surface area contributed by atoms with Gasteiger partial charge < -0.3 is 9.64 Å². The van der Waals surface area contributed by atoms with E-state index in [2.05, 4.69) is 5.10 Å². The van der Waals surface area contributed by atoms with Crippen LogP contribution in [0.3, 0.4) is 0 Å². The Morgan fingerprint density at radius 1 is 0.964 bits per heavy atom. The second kappa shape index (κ2) is 8.08. The normalized spacial score (nSPS) is 11.7. The predicted octanol–water partition coefficient (Wildman–Crippen LogP) is 3.48. The molecule has 0 bridgehead atoms. The molecule has 1 amide bonds. The topological polar surface area (TPSA) is 64.4 Å². The summed E-state index contributed by atoms with van der Waals surface area (Å²) in [7, 11) is 3.27.